The first-order valence-corrected chi connectivity index (χ1v) is 5.64. The zero-order chi connectivity index (χ0) is 13.0. The number of hydrogen-bond acceptors (Lipinski definition) is 5. The molecule has 1 aliphatic rings. The van der Waals surface area contributed by atoms with E-state index in [1.54, 1.807) is 0 Å². The van der Waals surface area contributed by atoms with Gasteiger partial charge in [0.1, 0.15) is 6.61 Å². The van der Waals surface area contributed by atoms with Crippen LogP contribution in [-0.2, 0) is 19.1 Å². The van der Waals surface area contributed by atoms with Gasteiger partial charge in [-0.25, -0.2) is 0 Å². The molecule has 1 fully saturated rings. The van der Waals surface area contributed by atoms with Crippen molar-refractivity contribution in [3.05, 3.63) is 0 Å². The fourth-order valence-electron chi connectivity index (χ4n) is 2.02. The van der Waals surface area contributed by atoms with Gasteiger partial charge in [-0.2, -0.15) is 0 Å². The van der Waals surface area contributed by atoms with Crippen LogP contribution in [0.25, 0.3) is 0 Å². The van der Waals surface area contributed by atoms with Gasteiger partial charge in [0.2, 0.25) is 6.41 Å². The molecule has 5 unspecified atom stereocenters. The molecule has 5 atom stereocenters. The topological polar surface area (TPSA) is 84.9 Å². The van der Waals surface area contributed by atoms with Crippen molar-refractivity contribution in [2.75, 3.05) is 6.61 Å². The molecule has 2 N–H and O–H groups in total. The van der Waals surface area contributed by atoms with E-state index in [-0.39, 0.29) is 30.5 Å². The lowest BCUT2D eigenvalue weighted by atomic mass is 9.82. The van der Waals surface area contributed by atoms with Crippen LogP contribution >= 0.6 is 0 Å². The van der Waals surface area contributed by atoms with E-state index in [2.05, 4.69) is 5.32 Å². The summed E-state index contributed by atoms with van der Waals surface area (Å²) in [6, 6.07) is -0.434. The lowest BCUT2D eigenvalue weighted by molar-refractivity contribution is -0.223. The summed E-state index contributed by atoms with van der Waals surface area (Å²) >= 11 is 0. The molecule has 0 bridgehead atoms. The Balaban J connectivity index is 2.61. The SMILES string of the molecule is CC(=O)OCC1OC(O)C(NC=O)C(C)C1C. The Morgan fingerprint density at radius 3 is 2.65 bits per heavy atom. The third-order valence-corrected chi connectivity index (χ3v) is 3.32. The van der Waals surface area contributed by atoms with Crippen LogP contribution in [0.2, 0.25) is 0 Å². The van der Waals surface area contributed by atoms with E-state index in [4.69, 9.17) is 9.47 Å². The average molecular weight is 245 g/mol. The number of rotatable bonds is 4. The Hall–Kier alpha value is -1.14. The maximum atomic E-state index is 10.7. The summed E-state index contributed by atoms with van der Waals surface area (Å²) < 4.78 is 10.2. The fraction of sp³-hybridized carbons (Fsp3) is 0.818. The summed E-state index contributed by atoms with van der Waals surface area (Å²) in [5, 5.41) is 12.3. The maximum Gasteiger partial charge on any atom is 0.302 e. The Morgan fingerprint density at radius 1 is 1.47 bits per heavy atom. The molecule has 6 nitrogen and oxygen atoms in total. The first-order valence-electron chi connectivity index (χ1n) is 5.64. The van der Waals surface area contributed by atoms with Crippen molar-refractivity contribution in [2.24, 2.45) is 11.8 Å². The molecule has 17 heavy (non-hydrogen) atoms. The van der Waals surface area contributed by atoms with Crippen LogP contribution in [0.15, 0.2) is 0 Å². The second kappa shape index (κ2) is 5.97. The van der Waals surface area contributed by atoms with E-state index >= 15 is 0 Å². The molecule has 1 aliphatic heterocycles. The number of hydrogen-bond donors (Lipinski definition) is 2. The number of carbonyl (C=O) groups excluding carboxylic acids is 2. The summed E-state index contributed by atoms with van der Waals surface area (Å²) in [5.74, 6) is -0.282. The van der Waals surface area contributed by atoms with Crippen molar-refractivity contribution in [1.82, 2.24) is 5.32 Å². The third-order valence-electron chi connectivity index (χ3n) is 3.32. The van der Waals surface area contributed by atoms with Gasteiger partial charge in [0.05, 0.1) is 12.1 Å². The van der Waals surface area contributed by atoms with Crippen molar-refractivity contribution < 1.29 is 24.2 Å². The van der Waals surface area contributed by atoms with Gasteiger partial charge in [-0.3, -0.25) is 9.59 Å². The number of aliphatic hydroxyl groups excluding tert-OH is 1. The van der Waals surface area contributed by atoms with Crippen molar-refractivity contribution in [2.45, 2.75) is 39.2 Å². The zero-order valence-electron chi connectivity index (χ0n) is 10.3. The van der Waals surface area contributed by atoms with Crippen LogP contribution in [0.1, 0.15) is 20.8 Å². The summed E-state index contributed by atoms with van der Waals surface area (Å²) in [6.45, 7) is 5.29. The fourth-order valence-corrected chi connectivity index (χ4v) is 2.02. The highest BCUT2D eigenvalue weighted by Crippen LogP contribution is 2.29. The molecule has 1 saturated heterocycles. The van der Waals surface area contributed by atoms with E-state index in [1.807, 2.05) is 13.8 Å². The van der Waals surface area contributed by atoms with Crippen LogP contribution < -0.4 is 5.32 Å². The second-order valence-corrected chi connectivity index (χ2v) is 4.40. The number of aliphatic hydroxyl groups is 1. The smallest absolute Gasteiger partial charge is 0.302 e. The number of ether oxygens (including phenoxy) is 2. The van der Waals surface area contributed by atoms with Gasteiger partial charge >= 0.3 is 5.97 Å². The monoisotopic (exact) mass is 245 g/mol. The highest BCUT2D eigenvalue weighted by Gasteiger charge is 2.40. The molecule has 1 amide bonds. The molecular formula is C11H19NO5. The standard InChI is InChI=1S/C11H19NO5/c1-6-7(2)10(12-5-13)11(15)17-9(6)4-16-8(3)14/h5-7,9-11,15H,4H2,1-3H3,(H,12,13). The average Bonchev–Trinajstić information content (AvgIpc) is 2.27. The lowest BCUT2D eigenvalue weighted by Crippen LogP contribution is -2.56. The lowest BCUT2D eigenvalue weighted by Gasteiger charge is -2.42. The number of carbonyl (C=O) groups is 2. The van der Waals surface area contributed by atoms with Crippen molar-refractivity contribution in [1.29, 1.82) is 0 Å². The normalized spacial score (nSPS) is 37.3. The molecule has 0 saturated carbocycles. The van der Waals surface area contributed by atoms with Gasteiger partial charge in [-0.15, -0.1) is 0 Å². The molecule has 0 aromatic heterocycles. The Morgan fingerprint density at radius 2 is 2.12 bits per heavy atom. The van der Waals surface area contributed by atoms with Crippen molar-refractivity contribution in [3.63, 3.8) is 0 Å². The highest BCUT2D eigenvalue weighted by molar-refractivity contribution is 5.65. The van der Waals surface area contributed by atoms with Crippen LogP contribution in [-0.4, -0.2) is 42.5 Å². The predicted octanol–water partition coefficient (Wildman–Crippen LogP) is -0.346. The van der Waals surface area contributed by atoms with E-state index in [0.717, 1.165) is 0 Å². The molecule has 1 heterocycles. The van der Waals surface area contributed by atoms with E-state index in [0.29, 0.717) is 6.41 Å². The molecule has 1 rings (SSSR count). The second-order valence-electron chi connectivity index (χ2n) is 4.40. The number of esters is 1. The van der Waals surface area contributed by atoms with Crippen LogP contribution in [0.5, 0.6) is 0 Å². The van der Waals surface area contributed by atoms with E-state index in [1.165, 1.54) is 6.92 Å². The number of amides is 1. The molecule has 0 aliphatic carbocycles. The van der Waals surface area contributed by atoms with Gasteiger partial charge < -0.3 is 19.9 Å². The zero-order valence-corrected chi connectivity index (χ0v) is 10.3. The molecular weight excluding hydrogens is 226 g/mol. The molecule has 0 radical (unpaired) electrons. The third kappa shape index (κ3) is 3.41. The van der Waals surface area contributed by atoms with Crippen molar-refractivity contribution >= 4 is 12.4 Å². The Labute approximate surface area is 100 Å². The van der Waals surface area contributed by atoms with Crippen LogP contribution in [0.4, 0.5) is 0 Å². The molecule has 0 aromatic carbocycles. The Kier molecular flexibility index (Phi) is 4.89. The van der Waals surface area contributed by atoms with Gasteiger partial charge in [0.25, 0.3) is 0 Å². The van der Waals surface area contributed by atoms with E-state index in [9.17, 15) is 14.7 Å². The van der Waals surface area contributed by atoms with Crippen LogP contribution in [0, 0.1) is 11.8 Å². The minimum atomic E-state index is -1.08. The largest absolute Gasteiger partial charge is 0.463 e. The minimum Gasteiger partial charge on any atom is -0.463 e. The van der Waals surface area contributed by atoms with Crippen molar-refractivity contribution in [3.8, 4) is 0 Å². The quantitative estimate of drug-likeness (QED) is 0.522. The maximum absolute atomic E-state index is 10.7. The highest BCUT2D eigenvalue weighted by atomic mass is 16.6. The molecule has 0 spiro atoms. The molecule has 0 aromatic rings. The summed E-state index contributed by atoms with van der Waals surface area (Å²) in [4.78, 5) is 21.1. The van der Waals surface area contributed by atoms with Gasteiger partial charge in [0.15, 0.2) is 6.29 Å². The van der Waals surface area contributed by atoms with Gasteiger partial charge in [-0.1, -0.05) is 13.8 Å². The summed E-state index contributed by atoms with van der Waals surface area (Å²) in [7, 11) is 0. The predicted molar refractivity (Wildman–Crippen MR) is 58.8 cm³/mol. The van der Waals surface area contributed by atoms with E-state index < -0.39 is 12.3 Å². The Bertz CT molecular complexity index is 283. The summed E-state index contributed by atoms with van der Waals surface area (Å²) in [6.07, 6.45) is -0.882. The van der Waals surface area contributed by atoms with Gasteiger partial charge in [0, 0.05) is 6.92 Å². The molecule has 98 valence electrons. The van der Waals surface area contributed by atoms with Gasteiger partial charge in [-0.05, 0) is 11.8 Å². The van der Waals surface area contributed by atoms with Crippen LogP contribution in [0.3, 0.4) is 0 Å². The number of nitrogens with one attached hydrogen (secondary N) is 1. The first-order chi connectivity index (χ1) is 7.97. The first kappa shape index (κ1) is 13.9. The molecule has 6 heteroatoms. The minimum absolute atomic E-state index is 0.0320. The summed E-state index contributed by atoms with van der Waals surface area (Å²) in [5.41, 5.74) is 0.